The van der Waals surface area contributed by atoms with E-state index in [9.17, 15) is 0 Å². The third kappa shape index (κ3) is 4.93. The van der Waals surface area contributed by atoms with Gasteiger partial charge in [-0.25, -0.2) is 15.0 Å². The van der Waals surface area contributed by atoms with E-state index in [0.29, 0.717) is 17.5 Å². The zero-order chi connectivity index (χ0) is 35.2. The standard InChI is InChI=1S/C50H33N3/c1-5-19-35(20-6-1)47-51-48(36-21-7-2-8-22-36)53-49(52-47)42-33-32-34-18-13-14-27-39(34)45(42)41-29-17-31-44-46(41)40-28-15-16-30-43(40)50(44,37-23-9-3-10-24-37)38-25-11-4-12-26-38/h1-33H. The van der Waals surface area contributed by atoms with Crippen LogP contribution in [-0.4, -0.2) is 15.0 Å². The Bertz CT molecular complexity index is 2660. The van der Waals surface area contributed by atoms with Gasteiger partial charge in [-0.3, -0.25) is 0 Å². The van der Waals surface area contributed by atoms with Gasteiger partial charge in [0.25, 0.3) is 0 Å². The molecule has 0 aliphatic heterocycles. The molecule has 0 spiro atoms. The summed E-state index contributed by atoms with van der Waals surface area (Å²) in [5.41, 5.74) is 12.1. The van der Waals surface area contributed by atoms with Gasteiger partial charge in [-0.15, -0.1) is 0 Å². The minimum atomic E-state index is -0.511. The lowest BCUT2D eigenvalue weighted by molar-refractivity contribution is 0.768. The summed E-state index contributed by atoms with van der Waals surface area (Å²) in [7, 11) is 0. The van der Waals surface area contributed by atoms with E-state index in [2.05, 4.69) is 164 Å². The molecule has 0 amide bonds. The van der Waals surface area contributed by atoms with Crippen molar-refractivity contribution in [3.8, 4) is 56.4 Å². The van der Waals surface area contributed by atoms with E-state index in [4.69, 9.17) is 15.0 Å². The zero-order valence-corrected chi connectivity index (χ0v) is 28.9. The fourth-order valence-corrected chi connectivity index (χ4v) is 8.38. The summed E-state index contributed by atoms with van der Waals surface area (Å²) in [4.78, 5) is 15.5. The number of nitrogens with zero attached hydrogens (tertiary/aromatic N) is 3. The molecule has 9 aromatic rings. The largest absolute Gasteiger partial charge is 0.208 e. The minimum absolute atomic E-state index is 0.511. The number of benzene rings is 8. The molecular weight excluding hydrogens is 643 g/mol. The highest BCUT2D eigenvalue weighted by Gasteiger charge is 2.47. The molecule has 0 radical (unpaired) electrons. The van der Waals surface area contributed by atoms with Gasteiger partial charge in [0.15, 0.2) is 17.5 Å². The van der Waals surface area contributed by atoms with E-state index < -0.39 is 5.41 Å². The normalized spacial score (nSPS) is 12.7. The van der Waals surface area contributed by atoms with Crippen LogP contribution < -0.4 is 0 Å². The van der Waals surface area contributed by atoms with Crippen molar-refractivity contribution < 1.29 is 0 Å². The number of aromatic nitrogens is 3. The van der Waals surface area contributed by atoms with E-state index in [1.165, 1.54) is 33.4 Å². The van der Waals surface area contributed by atoms with Crippen LogP contribution in [0.3, 0.4) is 0 Å². The molecule has 0 bridgehead atoms. The van der Waals surface area contributed by atoms with Crippen molar-refractivity contribution in [1.82, 2.24) is 15.0 Å². The Morgan fingerprint density at radius 2 is 0.792 bits per heavy atom. The summed E-state index contributed by atoms with van der Waals surface area (Å²) in [5.74, 6) is 1.92. The van der Waals surface area contributed by atoms with Crippen LogP contribution in [0.4, 0.5) is 0 Å². The quantitative estimate of drug-likeness (QED) is 0.176. The third-order valence-corrected chi connectivity index (χ3v) is 10.6. The predicted octanol–water partition coefficient (Wildman–Crippen LogP) is 12.1. The first kappa shape index (κ1) is 30.8. The average molecular weight is 676 g/mol. The molecule has 0 fully saturated rings. The van der Waals surface area contributed by atoms with Gasteiger partial charge in [-0.2, -0.15) is 0 Å². The lowest BCUT2D eigenvalue weighted by atomic mass is 9.67. The van der Waals surface area contributed by atoms with Crippen LogP contribution in [0.1, 0.15) is 22.3 Å². The minimum Gasteiger partial charge on any atom is -0.208 e. The van der Waals surface area contributed by atoms with E-state index in [1.807, 2.05) is 36.4 Å². The Hall–Kier alpha value is -6.97. The predicted molar refractivity (Wildman–Crippen MR) is 216 cm³/mol. The van der Waals surface area contributed by atoms with Crippen molar-refractivity contribution in [3.05, 3.63) is 222 Å². The fourth-order valence-electron chi connectivity index (χ4n) is 8.38. The Morgan fingerprint density at radius 1 is 0.302 bits per heavy atom. The number of hydrogen-bond donors (Lipinski definition) is 0. The van der Waals surface area contributed by atoms with Gasteiger partial charge < -0.3 is 0 Å². The lowest BCUT2D eigenvalue weighted by Crippen LogP contribution is -2.28. The highest BCUT2D eigenvalue weighted by atomic mass is 15.0. The summed E-state index contributed by atoms with van der Waals surface area (Å²) in [6.45, 7) is 0. The van der Waals surface area contributed by atoms with Crippen LogP contribution in [0.25, 0.3) is 67.2 Å². The molecule has 3 nitrogen and oxygen atoms in total. The molecule has 8 aromatic carbocycles. The van der Waals surface area contributed by atoms with Crippen molar-refractivity contribution in [1.29, 1.82) is 0 Å². The molecule has 10 rings (SSSR count). The van der Waals surface area contributed by atoms with Crippen molar-refractivity contribution in [2.24, 2.45) is 0 Å². The molecule has 0 N–H and O–H groups in total. The van der Waals surface area contributed by atoms with Crippen molar-refractivity contribution in [3.63, 3.8) is 0 Å². The van der Waals surface area contributed by atoms with E-state index in [1.54, 1.807) is 0 Å². The second-order valence-corrected chi connectivity index (χ2v) is 13.5. The molecule has 1 aromatic heterocycles. The Kier molecular flexibility index (Phi) is 7.36. The van der Waals surface area contributed by atoms with E-state index >= 15 is 0 Å². The molecule has 1 heterocycles. The maximum atomic E-state index is 5.23. The SMILES string of the molecule is c1ccc(-c2nc(-c3ccccc3)nc(-c3ccc4ccccc4c3-c3cccc4c3-c3ccccc3C4(c3ccccc3)c3ccccc3)n2)cc1. The molecule has 1 aliphatic carbocycles. The first-order chi connectivity index (χ1) is 26.3. The van der Waals surface area contributed by atoms with Crippen LogP contribution in [-0.2, 0) is 5.41 Å². The molecule has 53 heavy (non-hydrogen) atoms. The third-order valence-electron chi connectivity index (χ3n) is 10.6. The maximum Gasteiger partial charge on any atom is 0.164 e. The topological polar surface area (TPSA) is 38.7 Å². The fraction of sp³-hybridized carbons (Fsp3) is 0.0200. The summed E-state index contributed by atoms with van der Waals surface area (Å²) in [6.07, 6.45) is 0. The highest BCUT2D eigenvalue weighted by Crippen LogP contribution is 2.59. The summed E-state index contributed by atoms with van der Waals surface area (Å²) >= 11 is 0. The molecule has 0 atom stereocenters. The molecule has 1 aliphatic rings. The van der Waals surface area contributed by atoms with Crippen molar-refractivity contribution in [2.45, 2.75) is 5.41 Å². The van der Waals surface area contributed by atoms with Crippen LogP contribution in [0.2, 0.25) is 0 Å². The zero-order valence-electron chi connectivity index (χ0n) is 28.9. The first-order valence-electron chi connectivity index (χ1n) is 18.0. The second kappa shape index (κ2) is 12.7. The van der Waals surface area contributed by atoms with Crippen molar-refractivity contribution in [2.75, 3.05) is 0 Å². The Labute approximate surface area is 309 Å². The van der Waals surface area contributed by atoms with E-state index in [0.717, 1.165) is 38.6 Å². The summed E-state index contributed by atoms with van der Waals surface area (Å²) < 4.78 is 0. The number of rotatable bonds is 6. The average Bonchev–Trinajstić information content (AvgIpc) is 3.56. The molecular formula is C50H33N3. The Balaban J connectivity index is 1.31. The van der Waals surface area contributed by atoms with Gasteiger partial charge in [0.05, 0.1) is 5.41 Å². The van der Waals surface area contributed by atoms with E-state index in [-0.39, 0.29) is 0 Å². The van der Waals surface area contributed by atoms with Gasteiger partial charge in [0, 0.05) is 22.3 Å². The lowest BCUT2D eigenvalue weighted by Gasteiger charge is -2.34. The highest BCUT2D eigenvalue weighted by molar-refractivity contribution is 6.08. The maximum absolute atomic E-state index is 5.23. The number of fused-ring (bicyclic) bond motifs is 4. The summed E-state index contributed by atoms with van der Waals surface area (Å²) in [5, 5.41) is 2.31. The first-order valence-corrected chi connectivity index (χ1v) is 18.0. The van der Waals surface area contributed by atoms with Crippen LogP contribution >= 0.6 is 0 Å². The molecule has 248 valence electrons. The monoisotopic (exact) mass is 675 g/mol. The van der Waals surface area contributed by atoms with Crippen LogP contribution in [0.5, 0.6) is 0 Å². The smallest absolute Gasteiger partial charge is 0.164 e. The molecule has 3 heteroatoms. The van der Waals surface area contributed by atoms with Gasteiger partial charge in [0.2, 0.25) is 0 Å². The van der Waals surface area contributed by atoms with Crippen LogP contribution in [0.15, 0.2) is 200 Å². The van der Waals surface area contributed by atoms with Crippen molar-refractivity contribution >= 4 is 10.8 Å². The molecule has 0 unspecified atom stereocenters. The number of hydrogen-bond acceptors (Lipinski definition) is 3. The summed E-state index contributed by atoms with van der Waals surface area (Å²) in [6, 6.07) is 71.1. The molecule has 0 saturated heterocycles. The van der Waals surface area contributed by atoms with Gasteiger partial charge in [-0.05, 0) is 55.8 Å². The van der Waals surface area contributed by atoms with Gasteiger partial charge in [-0.1, -0.05) is 194 Å². The van der Waals surface area contributed by atoms with Gasteiger partial charge in [0.1, 0.15) is 0 Å². The van der Waals surface area contributed by atoms with Crippen LogP contribution in [0, 0.1) is 0 Å². The molecule has 0 saturated carbocycles. The van der Waals surface area contributed by atoms with Gasteiger partial charge >= 0.3 is 0 Å². The second-order valence-electron chi connectivity index (χ2n) is 13.5. The Morgan fingerprint density at radius 3 is 1.43 bits per heavy atom.